The molecule has 2 aromatic rings. The molecule has 0 spiro atoms. The second kappa shape index (κ2) is 5.89. The van der Waals surface area contributed by atoms with Crippen LogP contribution in [0.15, 0.2) is 29.6 Å². The number of carbonyl (C=O) groups excluding carboxylic acids is 1. The van der Waals surface area contributed by atoms with Crippen molar-refractivity contribution in [3.8, 4) is 0 Å². The maximum atomic E-state index is 12.3. The Bertz CT molecular complexity index is 675. The van der Waals surface area contributed by atoms with Crippen LogP contribution in [0.4, 0.5) is 4.79 Å². The van der Waals surface area contributed by atoms with Crippen LogP contribution in [-0.2, 0) is 4.74 Å². The number of fused-ring (bicyclic) bond motifs is 1. The zero-order valence-electron chi connectivity index (χ0n) is 13.3. The van der Waals surface area contributed by atoms with Crippen LogP contribution in [-0.4, -0.2) is 36.2 Å². The number of nitrogens with one attached hydrogen (secondary N) is 1. The normalized spacial score (nSPS) is 19.4. The topological polar surface area (TPSA) is 41.6 Å². The average molecular weight is 318 g/mol. The maximum Gasteiger partial charge on any atom is 0.410 e. The number of rotatable bonds is 1. The van der Waals surface area contributed by atoms with Gasteiger partial charge in [0, 0.05) is 24.3 Å². The molecule has 0 bridgehead atoms. The Balaban J connectivity index is 1.77. The first-order valence-corrected chi connectivity index (χ1v) is 8.49. The van der Waals surface area contributed by atoms with Crippen molar-refractivity contribution < 1.29 is 9.53 Å². The first kappa shape index (κ1) is 15.3. The Morgan fingerprint density at radius 1 is 1.36 bits per heavy atom. The van der Waals surface area contributed by atoms with Crippen LogP contribution in [0.1, 0.15) is 32.4 Å². The number of nitrogens with zero attached hydrogens (tertiary/aromatic N) is 1. The molecule has 1 unspecified atom stereocenters. The highest BCUT2D eigenvalue weighted by Gasteiger charge is 2.29. The summed E-state index contributed by atoms with van der Waals surface area (Å²) in [6.45, 7) is 7.82. The van der Waals surface area contributed by atoms with Crippen molar-refractivity contribution in [1.29, 1.82) is 0 Å². The van der Waals surface area contributed by atoms with E-state index in [0.29, 0.717) is 13.1 Å². The summed E-state index contributed by atoms with van der Waals surface area (Å²) in [5.41, 5.74) is 0.820. The van der Waals surface area contributed by atoms with E-state index in [1.165, 1.54) is 15.6 Å². The van der Waals surface area contributed by atoms with Gasteiger partial charge >= 0.3 is 6.09 Å². The van der Waals surface area contributed by atoms with Gasteiger partial charge in [0.1, 0.15) is 5.60 Å². The molecule has 1 N–H and O–H groups in total. The fraction of sp³-hybridized carbons (Fsp3) is 0.471. The smallest absolute Gasteiger partial charge is 0.410 e. The summed E-state index contributed by atoms with van der Waals surface area (Å²) in [6, 6.07) is 8.57. The summed E-state index contributed by atoms with van der Waals surface area (Å²) in [7, 11) is 0. The molecule has 2 heterocycles. The Hall–Kier alpha value is -1.59. The number of hydrogen-bond acceptors (Lipinski definition) is 4. The van der Waals surface area contributed by atoms with Gasteiger partial charge in [0.15, 0.2) is 0 Å². The van der Waals surface area contributed by atoms with Crippen LogP contribution in [0.3, 0.4) is 0 Å². The highest BCUT2D eigenvalue weighted by atomic mass is 32.1. The Morgan fingerprint density at radius 3 is 2.91 bits per heavy atom. The van der Waals surface area contributed by atoms with Crippen molar-refractivity contribution in [2.24, 2.45) is 0 Å². The van der Waals surface area contributed by atoms with E-state index in [4.69, 9.17) is 4.74 Å². The first-order valence-electron chi connectivity index (χ1n) is 7.61. The number of thiophene rings is 1. The minimum Gasteiger partial charge on any atom is -0.444 e. The third-order valence-corrected chi connectivity index (χ3v) is 4.70. The molecule has 118 valence electrons. The van der Waals surface area contributed by atoms with Crippen LogP contribution in [0, 0.1) is 0 Å². The number of ether oxygens (including phenoxy) is 1. The molecule has 1 aliphatic heterocycles. The molecule has 1 atom stereocenters. The monoisotopic (exact) mass is 318 g/mol. The molecule has 1 aromatic carbocycles. The van der Waals surface area contributed by atoms with Gasteiger partial charge in [-0.25, -0.2) is 4.79 Å². The maximum absolute atomic E-state index is 12.3. The predicted octanol–water partition coefficient (Wildman–Crippen LogP) is 3.78. The molecule has 0 aliphatic carbocycles. The zero-order chi connectivity index (χ0) is 15.7. The molecule has 1 amide bonds. The van der Waals surface area contributed by atoms with Crippen LogP contribution >= 0.6 is 11.3 Å². The predicted molar refractivity (Wildman–Crippen MR) is 90.4 cm³/mol. The summed E-state index contributed by atoms with van der Waals surface area (Å²) in [6.07, 6.45) is -0.224. The van der Waals surface area contributed by atoms with Crippen molar-refractivity contribution in [2.75, 3.05) is 19.6 Å². The zero-order valence-corrected chi connectivity index (χ0v) is 14.1. The Labute approximate surface area is 135 Å². The van der Waals surface area contributed by atoms with Gasteiger partial charge in [-0.3, -0.25) is 0 Å². The van der Waals surface area contributed by atoms with E-state index in [-0.39, 0.29) is 12.1 Å². The van der Waals surface area contributed by atoms with Crippen molar-refractivity contribution in [3.63, 3.8) is 0 Å². The molecule has 22 heavy (non-hydrogen) atoms. The number of piperazine rings is 1. The van der Waals surface area contributed by atoms with Gasteiger partial charge in [-0.15, -0.1) is 11.3 Å². The molecule has 4 nitrogen and oxygen atoms in total. The lowest BCUT2D eigenvalue weighted by molar-refractivity contribution is 0.0195. The van der Waals surface area contributed by atoms with E-state index in [2.05, 4.69) is 35.0 Å². The van der Waals surface area contributed by atoms with E-state index in [1.807, 2.05) is 20.8 Å². The van der Waals surface area contributed by atoms with E-state index >= 15 is 0 Å². The second-order valence-electron chi connectivity index (χ2n) is 6.62. The molecule has 0 saturated carbocycles. The van der Waals surface area contributed by atoms with Crippen LogP contribution < -0.4 is 5.32 Å². The number of carbonyl (C=O) groups is 1. The summed E-state index contributed by atoms with van der Waals surface area (Å²) in [5, 5.41) is 6.99. The number of benzene rings is 1. The number of amides is 1. The largest absolute Gasteiger partial charge is 0.444 e. The van der Waals surface area contributed by atoms with E-state index in [9.17, 15) is 4.79 Å². The summed E-state index contributed by atoms with van der Waals surface area (Å²) >= 11 is 1.75. The molecule has 3 rings (SSSR count). The van der Waals surface area contributed by atoms with Gasteiger partial charge in [0.25, 0.3) is 0 Å². The third-order valence-electron chi connectivity index (χ3n) is 3.71. The molecule has 1 aliphatic rings. The Kier molecular flexibility index (Phi) is 4.10. The van der Waals surface area contributed by atoms with E-state index in [0.717, 1.165) is 6.54 Å². The van der Waals surface area contributed by atoms with Gasteiger partial charge in [-0.2, -0.15) is 0 Å². The van der Waals surface area contributed by atoms with Crippen molar-refractivity contribution >= 4 is 27.5 Å². The summed E-state index contributed by atoms with van der Waals surface area (Å²) in [5.74, 6) is 0. The Morgan fingerprint density at radius 2 is 2.14 bits per heavy atom. The highest BCUT2D eigenvalue weighted by Crippen LogP contribution is 2.31. The SMILES string of the molecule is CC(C)(C)OC(=O)N1CCNC(c2csc3ccccc23)C1. The van der Waals surface area contributed by atoms with Gasteiger partial charge in [0.05, 0.1) is 6.04 Å². The molecule has 1 saturated heterocycles. The molecular formula is C17H22N2O2S. The van der Waals surface area contributed by atoms with Crippen LogP contribution in [0.2, 0.25) is 0 Å². The van der Waals surface area contributed by atoms with Gasteiger partial charge in [-0.05, 0) is 43.2 Å². The fourth-order valence-corrected chi connectivity index (χ4v) is 3.73. The van der Waals surface area contributed by atoms with Crippen molar-refractivity contribution in [1.82, 2.24) is 10.2 Å². The lowest BCUT2D eigenvalue weighted by Gasteiger charge is -2.34. The molecular weight excluding hydrogens is 296 g/mol. The fourth-order valence-electron chi connectivity index (χ4n) is 2.72. The highest BCUT2D eigenvalue weighted by molar-refractivity contribution is 7.17. The third kappa shape index (κ3) is 3.25. The standard InChI is InChI=1S/C17H22N2O2S/c1-17(2,3)21-16(20)19-9-8-18-14(10-19)13-11-22-15-7-5-4-6-12(13)15/h4-7,11,14,18H,8-10H2,1-3H3. The minimum atomic E-state index is -0.452. The van der Waals surface area contributed by atoms with Crippen molar-refractivity contribution in [3.05, 3.63) is 35.2 Å². The minimum absolute atomic E-state index is 0.164. The average Bonchev–Trinajstić information content (AvgIpc) is 2.89. The lowest BCUT2D eigenvalue weighted by atomic mass is 10.0. The lowest BCUT2D eigenvalue weighted by Crippen LogP contribution is -2.49. The quantitative estimate of drug-likeness (QED) is 0.870. The molecule has 1 fully saturated rings. The molecule has 1 aromatic heterocycles. The molecule has 5 heteroatoms. The summed E-state index contributed by atoms with van der Waals surface area (Å²) in [4.78, 5) is 14.1. The van der Waals surface area contributed by atoms with E-state index in [1.54, 1.807) is 16.2 Å². The summed E-state index contributed by atoms with van der Waals surface area (Å²) < 4.78 is 6.78. The van der Waals surface area contributed by atoms with Gasteiger partial charge in [-0.1, -0.05) is 18.2 Å². The van der Waals surface area contributed by atoms with E-state index < -0.39 is 5.60 Å². The van der Waals surface area contributed by atoms with Crippen LogP contribution in [0.25, 0.3) is 10.1 Å². The van der Waals surface area contributed by atoms with Gasteiger partial charge < -0.3 is 15.0 Å². The second-order valence-corrected chi connectivity index (χ2v) is 7.53. The van der Waals surface area contributed by atoms with Gasteiger partial charge in [0.2, 0.25) is 0 Å². The van der Waals surface area contributed by atoms with Crippen LogP contribution in [0.5, 0.6) is 0 Å². The van der Waals surface area contributed by atoms with Crippen molar-refractivity contribution in [2.45, 2.75) is 32.4 Å². The number of hydrogen-bond donors (Lipinski definition) is 1. The molecule has 0 radical (unpaired) electrons. The first-order chi connectivity index (χ1) is 10.4.